The molecule has 1 amide bonds. The molecule has 316 valence electrons. The van der Waals surface area contributed by atoms with Gasteiger partial charge >= 0.3 is 11.9 Å². The number of carbonyl (C=O) groups excluding carboxylic acids is 4. The van der Waals surface area contributed by atoms with E-state index in [4.69, 9.17) is 32.8 Å². The third-order valence-corrected chi connectivity index (χ3v) is 9.58. The van der Waals surface area contributed by atoms with Gasteiger partial charge in [0.25, 0.3) is 0 Å². The lowest BCUT2D eigenvalue weighted by Crippen LogP contribution is -2.45. The van der Waals surface area contributed by atoms with E-state index < -0.39 is 17.0 Å². The zero-order chi connectivity index (χ0) is 43.2. The summed E-state index contributed by atoms with van der Waals surface area (Å²) >= 11 is 0. The van der Waals surface area contributed by atoms with Crippen molar-refractivity contribution in [2.24, 2.45) is 5.41 Å². The van der Waals surface area contributed by atoms with Gasteiger partial charge in [-0.2, -0.15) is 0 Å². The second-order valence-electron chi connectivity index (χ2n) is 16.4. The lowest BCUT2D eigenvalue weighted by Gasteiger charge is -2.31. The molecule has 5 rings (SSSR count). The third kappa shape index (κ3) is 11.0. The maximum atomic E-state index is 14.3. The van der Waals surface area contributed by atoms with Gasteiger partial charge in [-0.3, -0.25) is 19.2 Å². The van der Waals surface area contributed by atoms with Gasteiger partial charge in [0.05, 0.1) is 22.7 Å². The minimum atomic E-state index is -0.816. The molecule has 16 nitrogen and oxygen atoms in total. The molecule has 1 aliphatic carbocycles. The summed E-state index contributed by atoms with van der Waals surface area (Å²) in [4.78, 5) is 67.1. The molecule has 2 aromatic heterocycles. The second kappa shape index (κ2) is 18.4. The van der Waals surface area contributed by atoms with E-state index in [2.05, 4.69) is 15.6 Å². The number of ketones is 1. The minimum absolute atomic E-state index is 0.0126. The maximum Gasteiger partial charge on any atom is 0.339 e. The van der Waals surface area contributed by atoms with Crippen molar-refractivity contribution in [3.63, 3.8) is 0 Å². The number of Topliss-reactive ketones (excluding diaryl/α,β-unsaturated/α-hetero) is 1. The Morgan fingerprint density at radius 1 is 0.966 bits per heavy atom. The van der Waals surface area contributed by atoms with E-state index in [1.165, 1.54) is 31.4 Å². The van der Waals surface area contributed by atoms with Crippen molar-refractivity contribution in [1.29, 1.82) is 0 Å². The molecule has 0 fully saturated rings. The fraction of sp³-hybridized carbons (Fsp3) is 0.465. The van der Waals surface area contributed by atoms with Crippen LogP contribution >= 0.6 is 0 Å². The molecule has 0 saturated carbocycles. The fourth-order valence-electron chi connectivity index (χ4n) is 6.52. The number of nitrogens with one attached hydrogen (secondary N) is 1. The Labute approximate surface area is 342 Å². The summed E-state index contributed by atoms with van der Waals surface area (Å²) in [6, 6.07) is 4.69. The number of hydrogen-bond acceptors (Lipinski definition) is 14. The molecule has 1 N–H and O–H groups in total. The lowest BCUT2D eigenvalue weighted by molar-refractivity contribution is -0.155. The quantitative estimate of drug-likeness (QED) is 0.108. The van der Waals surface area contributed by atoms with Crippen LogP contribution in [0.3, 0.4) is 0 Å². The van der Waals surface area contributed by atoms with Crippen molar-refractivity contribution in [1.82, 2.24) is 20.3 Å². The Balaban J connectivity index is 1.34. The van der Waals surface area contributed by atoms with Crippen LogP contribution in [0.4, 0.5) is 0 Å². The highest BCUT2D eigenvalue weighted by molar-refractivity contribution is 6.28. The van der Waals surface area contributed by atoms with Gasteiger partial charge in [-0.25, -0.2) is 9.48 Å². The van der Waals surface area contributed by atoms with Crippen LogP contribution in [0.5, 0.6) is 11.5 Å². The van der Waals surface area contributed by atoms with E-state index in [-0.39, 0.29) is 102 Å². The van der Waals surface area contributed by atoms with Crippen molar-refractivity contribution in [3.8, 4) is 11.5 Å². The molecule has 0 saturated heterocycles. The smallest absolute Gasteiger partial charge is 0.339 e. The van der Waals surface area contributed by atoms with Crippen molar-refractivity contribution in [3.05, 3.63) is 80.0 Å². The van der Waals surface area contributed by atoms with Gasteiger partial charge in [0.2, 0.25) is 11.3 Å². The average molecular weight is 817 g/mol. The van der Waals surface area contributed by atoms with Crippen LogP contribution in [0.1, 0.15) is 98.3 Å². The third-order valence-electron chi connectivity index (χ3n) is 9.58. The Morgan fingerprint density at radius 2 is 1.64 bits per heavy atom. The molecule has 2 aromatic carbocycles. The number of fused-ring (bicyclic) bond motifs is 2. The summed E-state index contributed by atoms with van der Waals surface area (Å²) in [7, 11) is 2.96. The van der Waals surface area contributed by atoms with E-state index in [0.29, 0.717) is 40.2 Å². The molecule has 4 aromatic rings. The topological polar surface area (TPSA) is 197 Å². The van der Waals surface area contributed by atoms with Crippen LogP contribution < -0.4 is 20.2 Å². The molecule has 0 radical (unpaired) electrons. The van der Waals surface area contributed by atoms with Crippen molar-refractivity contribution in [2.45, 2.75) is 99.4 Å². The first-order valence-electron chi connectivity index (χ1n) is 19.1. The Morgan fingerprint density at radius 3 is 2.29 bits per heavy atom. The number of nitrogens with zero attached hydrogens (tertiary/aromatic N) is 3. The van der Waals surface area contributed by atoms with Gasteiger partial charge in [0, 0.05) is 38.7 Å². The summed E-state index contributed by atoms with van der Waals surface area (Å²) in [5, 5.41) is 11.0. The highest BCUT2D eigenvalue weighted by Crippen LogP contribution is 2.37. The SMILES string of the molecule is COCOc1cc2c(cc1OCOC)CC(=O)C(c1coc3cc(C)c(C)c(C(=O)OCc4cn(CC(=O)N[C@@H](CCC(=O)OC(C)(C)C)C(C)(C)C)nn4)c3c1=O)=C2. The minimum Gasteiger partial charge on any atom is -0.464 e. The van der Waals surface area contributed by atoms with Crippen LogP contribution in [0, 0.1) is 19.3 Å². The summed E-state index contributed by atoms with van der Waals surface area (Å²) < 4.78 is 39.8. The summed E-state index contributed by atoms with van der Waals surface area (Å²) in [6.45, 7) is 14.2. The number of aryl methyl sites for hydroxylation is 1. The van der Waals surface area contributed by atoms with Gasteiger partial charge in [0.1, 0.15) is 36.3 Å². The van der Waals surface area contributed by atoms with E-state index in [1.54, 1.807) is 58.9 Å². The Hall–Kier alpha value is -5.87. The molecule has 1 aliphatic rings. The van der Waals surface area contributed by atoms with Gasteiger partial charge in [-0.05, 0) is 93.0 Å². The van der Waals surface area contributed by atoms with Crippen molar-refractivity contribution >= 4 is 46.2 Å². The highest BCUT2D eigenvalue weighted by atomic mass is 16.7. The molecule has 1 atom stereocenters. The van der Waals surface area contributed by atoms with Gasteiger partial charge in [-0.1, -0.05) is 26.0 Å². The second-order valence-corrected chi connectivity index (χ2v) is 16.4. The standard InChI is InChI=1S/C43H52N4O12/c1-24-13-34-39(40(51)30(21-55-34)29-14-26-16-32(57-22-53-9)33(58-23-54-10)17-27(26)15-31(29)48)38(25(24)2)41(52)56-20-28-18-47(46-45-28)19-36(49)44-35(42(3,4)5)11-12-37(50)59-43(6,7)8/h13-14,16-18,21,35H,11-12,15,19-20,22-23H2,1-10H3,(H,44,49)/t35-/m0/s1. The van der Waals surface area contributed by atoms with E-state index in [9.17, 15) is 24.0 Å². The first-order chi connectivity index (χ1) is 27.8. The van der Waals surface area contributed by atoms with E-state index in [0.717, 1.165) is 0 Å². The molecule has 0 unspecified atom stereocenters. The molecule has 2 heterocycles. The molecular formula is C43H52N4O12. The number of carbonyl (C=O) groups is 4. The zero-order valence-electron chi connectivity index (χ0n) is 35.2. The monoisotopic (exact) mass is 816 g/mol. The van der Waals surface area contributed by atoms with Crippen LogP contribution in [0.15, 0.2) is 39.9 Å². The van der Waals surface area contributed by atoms with Gasteiger partial charge < -0.3 is 38.2 Å². The summed E-state index contributed by atoms with van der Waals surface area (Å²) in [6.07, 6.45) is 4.76. The molecule has 0 bridgehead atoms. The average Bonchev–Trinajstić information content (AvgIpc) is 3.60. The molecule has 0 spiro atoms. The molecule has 16 heteroatoms. The number of aromatic nitrogens is 3. The predicted octanol–water partition coefficient (Wildman–Crippen LogP) is 5.64. The van der Waals surface area contributed by atoms with Crippen LogP contribution in [-0.2, 0) is 52.9 Å². The van der Waals surface area contributed by atoms with Crippen LogP contribution in [-0.4, -0.2) is 78.1 Å². The number of hydrogen-bond donors (Lipinski definition) is 1. The molecule has 59 heavy (non-hydrogen) atoms. The van der Waals surface area contributed by atoms with Crippen molar-refractivity contribution in [2.75, 3.05) is 27.8 Å². The van der Waals surface area contributed by atoms with Gasteiger partial charge in [0.15, 0.2) is 30.9 Å². The number of rotatable bonds is 16. The number of ether oxygens (including phenoxy) is 6. The summed E-state index contributed by atoms with van der Waals surface area (Å²) in [5.41, 5.74) is 1.36. The number of amides is 1. The predicted molar refractivity (Wildman–Crippen MR) is 216 cm³/mol. The number of allylic oxidation sites excluding steroid dienone is 1. The zero-order valence-corrected chi connectivity index (χ0v) is 35.2. The van der Waals surface area contributed by atoms with Crippen molar-refractivity contribution < 1.29 is 52.0 Å². The summed E-state index contributed by atoms with van der Waals surface area (Å²) in [5.74, 6) is -1.14. The first-order valence-corrected chi connectivity index (χ1v) is 19.1. The number of methoxy groups -OCH3 is 2. The number of esters is 2. The lowest BCUT2D eigenvalue weighted by atomic mass is 9.84. The van der Waals surface area contributed by atoms with Gasteiger partial charge in [-0.15, -0.1) is 5.10 Å². The maximum absolute atomic E-state index is 14.3. The Bertz CT molecular complexity index is 2330. The highest BCUT2D eigenvalue weighted by Gasteiger charge is 2.30. The normalized spacial score (nSPS) is 13.4. The fourth-order valence-corrected chi connectivity index (χ4v) is 6.52. The molecular weight excluding hydrogens is 764 g/mol. The van der Waals surface area contributed by atoms with Crippen LogP contribution in [0.25, 0.3) is 22.6 Å². The van der Waals surface area contributed by atoms with Crippen LogP contribution in [0.2, 0.25) is 0 Å². The van der Waals surface area contributed by atoms with E-state index in [1.807, 2.05) is 20.8 Å². The molecule has 0 aliphatic heterocycles. The first kappa shape index (κ1) is 44.2. The van der Waals surface area contributed by atoms with E-state index >= 15 is 0 Å². The largest absolute Gasteiger partial charge is 0.464 e. The number of benzene rings is 2. The Kier molecular flexibility index (Phi) is 13.8.